The van der Waals surface area contributed by atoms with Crippen molar-refractivity contribution in [2.75, 3.05) is 11.4 Å². The number of rotatable bonds is 1. The number of anilines is 1. The standard InChI is InChI=1S/C14H16BrFN2O2/c1-14(2,3)12-13(20)18(7-11(19)17-12)10-5-4-8(16)6-9(10)15/h4-6,12H,7H2,1-3H3,(H,17,19). The predicted molar refractivity (Wildman–Crippen MR) is 77.8 cm³/mol. The van der Waals surface area contributed by atoms with E-state index in [4.69, 9.17) is 0 Å². The molecule has 1 N–H and O–H groups in total. The second-order valence-electron chi connectivity index (χ2n) is 5.89. The molecule has 1 aromatic carbocycles. The van der Waals surface area contributed by atoms with Gasteiger partial charge in [-0.2, -0.15) is 0 Å². The van der Waals surface area contributed by atoms with Crippen LogP contribution in [0.2, 0.25) is 0 Å². The molecular weight excluding hydrogens is 327 g/mol. The molecule has 1 aliphatic rings. The Balaban J connectivity index is 2.40. The molecule has 0 spiro atoms. The first-order chi connectivity index (χ1) is 9.20. The van der Waals surface area contributed by atoms with Crippen molar-refractivity contribution in [2.45, 2.75) is 26.8 Å². The summed E-state index contributed by atoms with van der Waals surface area (Å²) in [5.41, 5.74) is 0.110. The molecule has 1 aliphatic heterocycles. The second-order valence-corrected chi connectivity index (χ2v) is 6.74. The van der Waals surface area contributed by atoms with E-state index >= 15 is 0 Å². The van der Waals surface area contributed by atoms with Gasteiger partial charge in [-0.3, -0.25) is 9.59 Å². The third-order valence-electron chi connectivity index (χ3n) is 3.19. The number of nitrogens with one attached hydrogen (secondary N) is 1. The van der Waals surface area contributed by atoms with Crippen LogP contribution in [0, 0.1) is 11.2 Å². The van der Waals surface area contributed by atoms with Crippen molar-refractivity contribution in [2.24, 2.45) is 5.41 Å². The molecule has 4 nitrogen and oxygen atoms in total. The Morgan fingerprint density at radius 3 is 2.55 bits per heavy atom. The van der Waals surface area contributed by atoms with E-state index in [1.165, 1.54) is 23.1 Å². The van der Waals surface area contributed by atoms with Gasteiger partial charge in [0.2, 0.25) is 5.91 Å². The highest BCUT2D eigenvalue weighted by Gasteiger charge is 2.40. The number of amides is 2. The highest BCUT2D eigenvalue weighted by Crippen LogP contribution is 2.31. The number of nitrogens with zero attached hydrogens (tertiary/aromatic N) is 1. The number of benzene rings is 1. The van der Waals surface area contributed by atoms with E-state index in [0.717, 1.165) is 0 Å². The van der Waals surface area contributed by atoms with Gasteiger partial charge in [0.25, 0.3) is 5.91 Å². The van der Waals surface area contributed by atoms with Crippen molar-refractivity contribution in [1.82, 2.24) is 5.32 Å². The molecule has 0 radical (unpaired) electrons. The molecule has 1 atom stereocenters. The molecule has 0 aliphatic carbocycles. The molecule has 1 unspecified atom stereocenters. The molecule has 20 heavy (non-hydrogen) atoms. The number of carbonyl (C=O) groups is 2. The summed E-state index contributed by atoms with van der Waals surface area (Å²) < 4.78 is 13.6. The van der Waals surface area contributed by atoms with Gasteiger partial charge in [-0.25, -0.2) is 4.39 Å². The fraction of sp³-hybridized carbons (Fsp3) is 0.429. The van der Waals surface area contributed by atoms with Crippen molar-refractivity contribution >= 4 is 33.4 Å². The molecule has 0 aromatic heterocycles. The van der Waals surface area contributed by atoms with Crippen molar-refractivity contribution in [3.63, 3.8) is 0 Å². The molecule has 6 heteroatoms. The predicted octanol–water partition coefficient (Wildman–Crippen LogP) is 2.47. The molecule has 1 fully saturated rings. The van der Waals surface area contributed by atoms with E-state index in [-0.39, 0.29) is 18.4 Å². The quantitative estimate of drug-likeness (QED) is 0.852. The minimum atomic E-state index is -0.597. The maximum absolute atomic E-state index is 13.1. The molecule has 1 heterocycles. The van der Waals surface area contributed by atoms with E-state index in [1.807, 2.05) is 20.8 Å². The number of piperazine rings is 1. The highest BCUT2D eigenvalue weighted by molar-refractivity contribution is 9.10. The van der Waals surface area contributed by atoms with Crippen molar-refractivity contribution in [3.8, 4) is 0 Å². The van der Waals surface area contributed by atoms with Gasteiger partial charge in [-0.1, -0.05) is 20.8 Å². The van der Waals surface area contributed by atoms with Gasteiger partial charge < -0.3 is 10.2 Å². The molecule has 2 amide bonds. The van der Waals surface area contributed by atoms with Crippen LogP contribution in [-0.4, -0.2) is 24.4 Å². The smallest absolute Gasteiger partial charge is 0.250 e. The van der Waals surface area contributed by atoms with Crippen LogP contribution in [0.15, 0.2) is 22.7 Å². The first-order valence-corrected chi connectivity index (χ1v) is 7.05. The lowest BCUT2D eigenvalue weighted by atomic mass is 9.84. The third-order valence-corrected chi connectivity index (χ3v) is 3.82. The van der Waals surface area contributed by atoms with Crippen molar-refractivity contribution in [1.29, 1.82) is 0 Å². The zero-order valence-electron chi connectivity index (χ0n) is 11.5. The Kier molecular flexibility index (Phi) is 3.86. The van der Waals surface area contributed by atoms with Crippen LogP contribution in [0.3, 0.4) is 0 Å². The summed E-state index contributed by atoms with van der Waals surface area (Å²) in [5, 5.41) is 2.72. The minimum Gasteiger partial charge on any atom is -0.342 e. The van der Waals surface area contributed by atoms with Gasteiger partial charge in [-0.15, -0.1) is 0 Å². The fourth-order valence-corrected chi connectivity index (χ4v) is 2.70. The van der Waals surface area contributed by atoms with Crippen LogP contribution in [0.1, 0.15) is 20.8 Å². The Hall–Kier alpha value is -1.43. The van der Waals surface area contributed by atoms with Crippen LogP contribution in [0.4, 0.5) is 10.1 Å². The van der Waals surface area contributed by atoms with E-state index < -0.39 is 17.3 Å². The number of halogens is 2. The molecular formula is C14H16BrFN2O2. The van der Waals surface area contributed by atoms with Crippen LogP contribution >= 0.6 is 15.9 Å². The lowest BCUT2D eigenvalue weighted by Gasteiger charge is -2.39. The first kappa shape index (κ1) is 15.0. The average molecular weight is 343 g/mol. The normalized spacial score (nSPS) is 20.1. The fourth-order valence-electron chi connectivity index (χ4n) is 2.14. The van der Waals surface area contributed by atoms with E-state index in [1.54, 1.807) is 0 Å². The van der Waals surface area contributed by atoms with Gasteiger partial charge in [0.1, 0.15) is 18.4 Å². The molecule has 0 bridgehead atoms. The van der Waals surface area contributed by atoms with E-state index in [2.05, 4.69) is 21.2 Å². The maximum atomic E-state index is 13.1. The van der Waals surface area contributed by atoms with Crippen molar-refractivity contribution < 1.29 is 14.0 Å². The van der Waals surface area contributed by atoms with E-state index in [0.29, 0.717) is 10.2 Å². The SMILES string of the molecule is CC(C)(C)C1NC(=O)CN(c2ccc(F)cc2Br)C1=O. The Bertz CT molecular complexity index is 569. The lowest BCUT2D eigenvalue weighted by molar-refractivity contribution is -0.133. The van der Waals surface area contributed by atoms with Gasteiger partial charge in [0, 0.05) is 4.47 Å². The van der Waals surface area contributed by atoms with Gasteiger partial charge in [0.15, 0.2) is 0 Å². The number of carbonyl (C=O) groups excluding carboxylic acids is 2. The average Bonchev–Trinajstić information content (AvgIpc) is 2.31. The minimum absolute atomic E-state index is 0.0599. The summed E-state index contributed by atoms with van der Waals surface area (Å²) in [5.74, 6) is -0.813. The Morgan fingerprint density at radius 1 is 1.35 bits per heavy atom. The molecule has 108 valence electrons. The zero-order valence-corrected chi connectivity index (χ0v) is 13.1. The first-order valence-electron chi connectivity index (χ1n) is 6.26. The highest BCUT2D eigenvalue weighted by atomic mass is 79.9. The van der Waals surface area contributed by atoms with Crippen molar-refractivity contribution in [3.05, 3.63) is 28.5 Å². The molecule has 1 aromatic rings. The summed E-state index contributed by atoms with van der Waals surface area (Å²) in [6, 6.07) is 3.45. The Labute approximate surface area is 125 Å². The third kappa shape index (κ3) is 2.85. The van der Waals surface area contributed by atoms with Gasteiger partial charge in [0.05, 0.1) is 5.69 Å². The van der Waals surface area contributed by atoms with Crippen LogP contribution in [0.5, 0.6) is 0 Å². The maximum Gasteiger partial charge on any atom is 0.250 e. The molecule has 1 saturated heterocycles. The topological polar surface area (TPSA) is 49.4 Å². The second kappa shape index (κ2) is 5.16. The summed E-state index contributed by atoms with van der Waals surface area (Å²) in [7, 11) is 0. The molecule has 0 saturated carbocycles. The zero-order chi connectivity index (χ0) is 15.1. The number of hydrogen-bond acceptors (Lipinski definition) is 2. The van der Waals surface area contributed by atoms with E-state index in [9.17, 15) is 14.0 Å². The summed E-state index contributed by atoms with van der Waals surface area (Å²) in [6.07, 6.45) is 0. The Morgan fingerprint density at radius 2 is 2.00 bits per heavy atom. The summed E-state index contributed by atoms with van der Waals surface area (Å²) in [6.45, 7) is 5.60. The number of hydrogen-bond donors (Lipinski definition) is 1. The van der Waals surface area contributed by atoms with Gasteiger partial charge >= 0.3 is 0 Å². The lowest BCUT2D eigenvalue weighted by Crippen LogP contribution is -2.62. The van der Waals surface area contributed by atoms with Crippen LogP contribution in [-0.2, 0) is 9.59 Å². The van der Waals surface area contributed by atoms with Gasteiger partial charge in [-0.05, 0) is 39.5 Å². The summed E-state index contributed by atoms with van der Waals surface area (Å²) in [4.78, 5) is 25.8. The van der Waals surface area contributed by atoms with Crippen LogP contribution in [0.25, 0.3) is 0 Å². The largest absolute Gasteiger partial charge is 0.342 e. The molecule has 2 rings (SSSR count). The monoisotopic (exact) mass is 342 g/mol. The van der Waals surface area contributed by atoms with Crippen LogP contribution < -0.4 is 10.2 Å². The summed E-state index contributed by atoms with van der Waals surface area (Å²) >= 11 is 3.23.